The maximum Gasteiger partial charge on any atom is 0.234 e. The lowest BCUT2D eigenvalue weighted by Gasteiger charge is -2.36. The molecular weight excluding hydrogens is 406 g/mol. The summed E-state index contributed by atoms with van der Waals surface area (Å²) in [5.41, 5.74) is 2.31. The standard InChI is InChI=1S/C21H26BrN3O2/c1-16(17-3-5-18(22)6-4-17)23-21(26)15-24-11-13-25(14-12-24)19-7-9-20(27-2)10-8-19/h3-10,16H,11-15H2,1-2H3,(H,23,26). The summed E-state index contributed by atoms with van der Waals surface area (Å²) in [6.07, 6.45) is 0. The smallest absolute Gasteiger partial charge is 0.234 e. The van der Waals surface area contributed by atoms with Crippen LogP contribution in [-0.2, 0) is 4.79 Å². The molecule has 0 aromatic heterocycles. The third kappa shape index (κ3) is 5.47. The second kappa shape index (κ2) is 9.24. The van der Waals surface area contributed by atoms with Crippen LogP contribution in [0.5, 0.6) is 5.75 Å². The van der Waals surface area contributed by atoms with Crippen LogP contribution in [-0.4, -0.2) is 50.6 Å². The van der Waals surface area contributed by atoms with E-state index in [9.17, 15) is 4.79 Å². The number of amides is 1. The molecule has 1 amide bonds. The molecule has 1 heterocycles. The van der Waals surface area contributed by atoms with E-state index < -0.39 is 0 Å². The van der Waals surface area contributed by atoms with Gasteiger partial charge in [-0.2, -0.15) is 0 Å². The van der Waals surface area contributed by atoms with Gasteiger partial charge in [0.2, 0.25) is 5.91 Å². The third-order valence-electron chi connectivity index (χ3n) is 4.92. The Hall–Kier alpha value is -2.05. The van der Waals surface area contributed by atoms with Crippen LogP contribution in [0.25, 0.3) is 0 Å². The van der Waals surface area contributed by atoms with E-state index in [-0.39, 0.29) is 11.9 Å². The average Bonchev–Trinajstić information content (AvgIpc) is 2.69. The monoisotopic (exact) mass is 431 g/mol. The van der Waals surface area contributed by atoms with E-state index in [0.717, 1.165) is 42.0 Å². The van der Waals surface area contributed by atoms with Gasteiger partial charge in [-0.05, 0) is 48.9 Å². The molecule has 1 N–H and O–H groups in total. The van der Waals surface area contributed by atoms with E-state index in [1.807, 2.05) is 43.3 Å². The summed E-state index contributed by atoms with van der Waals surface area (Å²) in [4.78, 5) is 17.0. The zero-order chi connectivity index (χ0) is 19.2. The Morgan fingerprint density at radius 1 is 1.07 bits per heavy atom. The second-order valence-corrected chi connectivity index (χ2v) is 7.72. The highest BCUT2D eigenvalue weighted by molar-refractivity contribution is 9.10. The first kappa shape index (κ1) is 19.7. The van der Waals surface area contributed by atoms with Crippen LogP contribution in [0.15, 0.2) is 53.0 Å². The Balaban J connectivity index is 1.45. The Labute approximate surface area is 169 Å². The van der Waals surface area contributed by atoms with Crippen molar-refractivity contribution in [2.45, 2.75) is 13.0 Å². The van der Waals surface area contributed by atoms with Crippen molar-refractivity contribution in [3.63, 3.8) is 0 Å². The molecule has 1 unspecified atom stereocenters. The molecule has 1 fully saturated rings. The van der Waals surface area contributed by atoms with Crippen molar-refractivity contribution in [1.82, 2.24) is 10.2 Å². The number of hydrogen-bond acceptors (Lipinski definition) is 4. The minimum atomic E-state index is 0.00573. The van der Waals surface area contributed by atoms with Crippen molar-refractivity contribution in [2.75, 3.05) is 44.7 Å². The van der Waals surface area contributed by atoms with E-state index in [1.165, 1.54) is 5.69 Å². The molecule has 0 bridgehead atoms. The van der Waals surface area contributed by atoms with Crippen LogP contribution in [0.4, 0.5) is 5.69 Å². The normalized spacial score (nSPS) is 16.0. The van der Waals surface area contributed by atoms with E-state index in [4.69, 9.17) is 4.74 Å². The van der Waals surface area contributed by atoms with Crippen LogP contribution in [0.1, 0.15) is 18.5 Å². The summed E-state index contributed by atoms with van der Waals surface area (Å²) in [5.74, 6) is 0.942. The molecule has 3 rings (SSSR count). The van der Waals surface area contributed by atoms with Gasteiger partial charge in [-0.25, -0.2) is 0 Å². The number of nitrogens with zero attached hydrogens (tertiary/aromatic N) is 2. The van der Waals surface area contributed by atoms with Gasteiger partial charge < -0.3 is 15.0 Å². The van der Waals surface area contributed by atoms with Crippen molar-refractivity contribution in [2.24, 2.45) is 0 Å². The zero-order valence-electron chi connectivity index (χ0n) is 15.8. The van der Waals surface area contributed by atoms with E-state index in [2.05, 4.69) is 43.2 Å². The first-order valence-corrected chi connectivity index (χ1v) is 10.0. The van der Waals surface area contributed by atoms with Gasteiger partial charge in [-0.3, -0.25) is 9.69 Å². The maximum absolute atomic E-state index is 12.4. The lowest BCUT2D eigenvalue weighted by atomic mass is 10.1. The average molecular weight is 432 g/mol. The number of ether oxygens (including phenoxy) is 1. The van der Waals surface area contributed by atoms with Crippen LogP contribution < -0.4 is 15.0 Å². The third-order valence-corrected chi connectivity index (χ3v) is 5.45. The highest BCUT2D eigenvalue weighted by atomic mass is 79.9. The highest BCUT2D eigenvalue weighted by Gasteiger charge is 2.20. The minimum Gasteiger partial charge on any atom is -0.497 e. The zero-order valence-corrected chi connectivity index (χ0v) is 17.4. The Morgan fingerprint density at radius 2 is 1.70 bits per heavy atom. The fraction of sp³-hybridized carbons (Fsp3) is 0.381. The number of rotatable bonds is 6. The van der Waals surface area contributed by atoms with Gasteiger partial charge in [0, 0.05) is 36.3 Å². The molecule has 0 aliphatic carbocycles. The molecule has 1 aliphatic heterocycles. The molecular formula is C21H26BrN3O2. The summed E-state index contributed by atoms with van der Waals surface area (Å²) in [6.45, 7) is 6.06. The molecule has 0 spiro atoms. The quantitative estimate of drug-likeness (QED) is 0.760. The molecule has 0 saturated carbocycles. The van der Waals surface area contributed by atoms with Crippen molar-refractivity contribution < 1.29 is 9.53 Å². The molecule has 2 aromatic rings. The van der Waals surface area contributed by atoms with E-state index in [0.29, 0.717) is 6.54 Å². The number of methoxy groups -OCH3 is 1. The van der Waals surface area contributed by atoms with Crippen LogP contribution in [0.3, 0.4) is 0 Å². The van der Waals surface area contributed by atoms with E-state index in [1.54, 1.807) is 7.11 Å². The predicted octanol–water partition coefficient (Wildman–Crippen LogP) is 3.46. The van der Waals surface area contributed by atoms with Gasteiger partial charge in [-0.1, -0.05) is 28.1 Å². The molecule has 1 atom stereocenters. The largest absolute Gasteiger partial charge is 0.497 e. The number of hydrogen-bond donors (Lipinski definition) is 1. The first-order chi connectivity index (χ1) is 13.0. The Bertz CT molecular complexity index is 741. The molecule has 1 saturated heterocycles. The summed E-state index contributed by atoms with van der Waals surface area (Å²) in [6, 6.07) is 16.2. The number of carbonyl (C=O) groups is 1. The minimum absolute atomic E-state index is 0.00573. The Morgan fingerprint density at radius 3 is 2.30 bits per heavy atom. The van der Waals surface area contributed by atoms with Crippen LogP contribution >= 0.6 is 15.9 Å². The molecule has 0 radical (unpaired) electrons. The molecule has 27 heavy (non-hydrogen) atoms. The summed E-state index contributed by atoms with van der Waals surface area (Å²) in [5, 5.41) is 3.10. The van der Waals surface area contributed by atoms with Crippen molar-refractivity contribution in [1.29, 1.82) is 0 Å². The molecule has 1 aliphatic rings. The van der Waals surface area contributed by atoms with Gasteiger partial charge >= 0.3 is 0 Å². The fourth-order valence-electron chi connectivity index (χ4n) is 3.28. The van der Waals surface area contributed by atoms with Gasteiger partial charge in [-0.15, -0.1) is 0 Å². The number of anilines is 1. The molecule has 5 nitrogen and oxygen atoms in total. The second-order valence-electron chi connectivity index (χ2n) is 6.80. The number of piperazine rings is 1. The van der Waals surface area contributed by atoms with Gasteiger partial charge in [0.25, 0.3) is 0 Å². The molecule has 2 aromatic carbocycles. The lowest BCUT2D eigenvalue weighted by molar-refractivity contribution is -0.123. The van der Waals surface area contributed by atoms with Crippen molar-refractivity contribution in [3.8, 4) is 5.75 Å². The molecule has 144 valence electrons. The first-order valence-electron chi connectivity index (χ1n) is 9.21. The van der Waals surface area contributed by atoms with Gasteiger partial charge in [0.05, 0.1) is 19.7 Å². The van der Waals surface area contributed by atoms with Crippen molar-refractivity contribution >= 4 is 27.5 Å². The predicted molar refractivity (Wildman–Crippen MR) is 112 cm³/mol. The number of carbonyl (C=O) groups excluding carboxylic acids is 1. The number of halogens is 1. The summed E-state index contributed by atoms with van der Waals surface area (Å²) >= 11 is 3.44. The van der Waals surface area contributed by atoms with Crippen molar-refractivity contribution in [3.05, 3.63) is 58.6 Å². The van der Waals surface area contributed by atoms with Crippen LogP contribution in [0.2, 0.25) is 0 Å². The SMILES string of the molecule is COc1ccc(N2CCN(CC(=O)NC(C)c3ccc(Br)cc3)CC2)cc1. The Kier molecular flexibility index (Phi) is 6.74. The van der Waals surface area contributed by atoms with E-state index >= 15 is 0 Å². The van der Waals surface area contributed by atoms with Gasteiger partial charge in [0.15, 0.2) is 0 Å². The molecule has 6 heteroatoms. The maximum atomic E-state index is 12.4. The summed E-state index contributed by atoms with van der Waals surface area (Å²) < 4.78 is 6.25. The summed E-state index contributed by atoms with van der Waals surface area (Å²) in [7, 11) is 1.68. The highest BCUT2D eigenvalue weighted by Crippen LogP contribution is 2.20. The lowest BCUT2D eigenvalue weighted by Crippen LogP contribution is -2.49. The van der Waals surface area contributed by atoms with Crippen LogP contribution in [0, 0.1) is 0 Å². The topological polar surface area (TPSA) is 44.8 Å². The van der Waals surface area contributed by atoms with Gasteiger partial charge in [0.1, 0.15) is 5.75 Å². The fourth-order valence-corrected chi connectivity index (χ4v) is 3.55. The number of nitrogens with one attached hydrogen (secondary N) is 1. The number of benzene rings is 2.